The number of benzene rings is 1. The maximum atomic E-state index is 12.7. The van der Waals surface area contributed by atoms with Gasteiger partial charge in [0.15, 0.2) is 0 Å². The molecule has 1 saturated heterocycles. The van der Waals surface area contributed by atoms with Crippen molar-refractivity contribution in [3.05, 3.63) is 30.1 Å². The molecule has 0 spiro atoms. The van der Waals surface area contributed by atoms with Crippen LogP contribution < -0.4 is 5.32 Å². The summed E-state index contributed by atoms with van der Waals surface area (Å²) in [6.07, 6.45) is 4.00. The third kappa shape index (κ3) is 4.30. The van der Waals surface area contributed by atoms with Gasteiger partial charge in [0.2, 0.25) is 0 Å². The Morgan fingerprint density at radius 2 is 2.00 bits per heavy atom. The highest BCUT2D eigenvalue weighted by Gasteiger charge is 2.12. The molecule has 0 aliphatic carbocycles. The Bertz CT molecular complexity index is 350. The van der Waals surface area contributed by atoms with Gasteiger partial charge in [-0.1, -0.05) is 6.92 Å². The van der Waals surface area contributed by atoms with E-state index >= 15 is 0 Å². The van der Waals surface area contributed by atoms with Crippen LogP contribution in [-0.2, 0) is 0 Å². The number of likely N-dealkylation sites (tertiary alicyclic amines) is 1. The third-order valence-electron chi connectivity index (χ3n) is 3.71. The molecule has 1 unspecified atom stereocenters. The van der Waals surface area contributed by atoms with Gasteiger partial charge in [0, 0.05) is 18.8 Å². The fourth-order valence-electron chi connectivity index (χ4n) is 2.47. The van der Waals surface area contributed by atoms with E-state index in [0.29, 0.717) is 0 Å². The molecule has 18 heavy (non-hydrogen) atoms. The van der Waals surface area contributed by atoms with Crippen LogP contribution in [0.2, 0.25) is 0 Å². The molecular weight excluding hydrogens is 227 g/mol. The van der Waals surface area contributed by atoms with E-state index in [1.165, 1.54) is 44.5 Å². The summed E-state index contributed by atoms with van der Waals surface area (Å²) in [7, 11) is 0. The van der Waals surface area contributed by atoms with Crippen molar-refractivity contribution in [1.82, 2.24) is 4.90 Å². The number of halogens is 1. The molecule has 1 heterocycles. The van der Waals surface area contributed by atoms with E-state index in [2.05, 4.69) is 17.1 Å². The molecule has 1 fully saturated rings. The maximum absolute atomic E-state index is 12.7. The minimum atomic E-state index is -0.179. The van der Waals surface area contributed by atoms with E-state index < -0.39 is 0 Å². The molecule has 0 amide bonds. The van der Waals surface area contributed by atoms with E-state index in [1.807, 2.05) is 0 Å². The lowest BCUT2D eigenvalue weighted by Crippen LogP contribution is -2.30. The van der Waals surface area contributed by atoms with Gasteiger partial charge < -0.3 is 10.2 Å². The smallest absolute Gasteiger partial charge is 0.123 e. The summed E-state index contributed by atoms with van der Waals surface area (Å²) in [6.45, 7) is 6.78. The first-order valence-electron chi connectivity index (χ1n) is 6.96. The lowest BCUT2D eigenvalue weighted by molar-refractivity contribution is 0.292. The van der Waals surface area contributed by atoms with Crippen molar-refractivity contribution in [2.45, 2.75) is 26.2 Å². The Morgan fingerprint density at radius 3 is 2.78 bits per heavy atom. The molecule has 1 aliphatic rings. The Balaban J connectivity index is 1.70. The second-order valence-corrected chi connectivity index (χ2v) is 5.31. The zero-order chi connectivity index (χ0) is 12.8. The first-order chi connectivity index (χ1) is 8.74. The standard InChI is InChI=1S/C15H23FN2/c1-13-3-2-10-18(11-8-13)12-9-17-15-6-4-14(16)5-7-15/h4-7,13,17H,2-3,8-12H2,1H3. The lowest BCUT2D eigenvalue weighted by Gasteiger charge is -2.20. The molecule has 1 aromatic rings. The number of nitrogens with one attached hydrogen (secondary N) is 1. The third-order valence-corrected chi connectivity index (χ3v) is 3.71. The van der Waals surface area contributed by atoms with Gasteiger partial charge in [-0.05, 0) is 62.5 Å². The second kappa shape index (κ2) is 6.74. The van der Waals surface area contributed by atoms with Crippen LogP contribution in [0.1, 0.15) is 26.2 Å². The summed E-state index contributed by atoms with van der Waals surface area (Å²) in [5.74, 6) is 0.696. The van der Waals surface area contributed by atoms with Crippen LogP contribution in [0.15, 0.2) is 24.3 Å². The van der Waals surface area contributed by atoms with E-state index in [9.17, 15) is 4.39 Å². The topological polar surface area (TPSA) is 15.3 Å². The number of hydrogen-bond acceptors (Lipinski definition) is 2. The maximum Gasteiger partial charge on any atom is 0.123 e. The predicted molar refractivity (Wildman–Crippen MR) is 74.3 cm³/mol. The Labute approximate surface area is 109 Å². The van der Waals surface area contributed by atoms with Crippen LogP contribution in [0.3, 0.4) is 0 Å². The second-order valence-electron chi connectivity index (χ2n) is 5.31. The van der Waals surface area contributed by atoms with Crippen molar-refractivity contribution in [1.29, 1.82) is 0 Å². The van der Waals surface area contributed by atoms with Gasteiger partial charge in [-0.15, -0.1) is 0 Å². The van der Waals surface area contributed by atoms with Gasteiger partial charge >= 0.3 is 0 Å². The van der Waals surface area contributed by atoms with E-state index in [1.54, 1.807) is 12.1 Å². The average molecular weight is 250 g/mol. The summed E-state index contributed by atoms with van der Waals surface area (Å²) in [4.78, 5) is 2.53. The van der Waals surface area contributed by atoms with Crippen molar-refractivity contribution in [3.63, 3.8) is 0 Å². The van der Waals surface area contributed by atoms with E-state index in [4.69, 9.17) is 0 Å². The molecule has 0 saturated carbocycles. The van der Waals surface area contributed by atoms with Gasteiger partial charge in [0.05, 0.1) is 0 Å². The molecule has 0 radical (unpaired) electrons. The zero-order valence-electron chi connectivity index (χ0n) is 11.2. The molecule has 100 valence electrons. The summed E-state index contributed by atoms with van der Waals surface area (Å²) in [5.41, 5.74) is 1.000. The highest BCUT2D eigenvalue weighted by atomic mass is 19.1. The molecule has 1 atom stereocenters. The van der Waals surface area contributed by atoms with E-state index in [-0.39, 0.29) is 5.82 Å². The normalized spacial score (nSPS) is 21.6. The number of anilines is 1. The number of rotatable bonds is 4. The van der Waals surface area contributed by atoms with Crippen molar-refractivity contribution in [3.8, 4) is 0 Å². The van der Waals surface area contributed by atoms with Gasteiger partial charge in [-0.2, -0.15) is 0 Å². The van der Waals surface area contributed by atoms with Gasteiger partial charge in [-0.25, -0.2) is 4.39 Å². The Kier molecular flexibility index (Phi) is 5.00. The van der Waals surface area contributed by atoms with Crippen molar-refractivity contribution in [2.75, 3.05) is 31.5 Å². The van der Waals surface area contributed by atoms with Gasteiger partial charge in [0.1, 0.15) is 5.82 Å². The van der Waals surface area contributed by atoms with Crippen molar-refractivity contribution in [2.24, 2.45) is 5.92 Å². The largest absolute Gasteiger partial charge is 0.384 e. The number of hydrogen-bond donors (Lipinski definition) is 1. The summed E-state index contributed by atoms with van der Waals surface area (Å²) >= 11 is 0. The van der Waals surface area contributed by atoms with E-state index in [0.717, 1.165) is 24.7 Å². The monoisotopic (exact) mass is 250 g/mol. The molecule has 2 nitrogen and oxygen atoms in total. The SMILES string of the molecule is CC1CCCN(CCNc2ccc(F)cc2)CC1. The van der Waals surface area contributed by atoms with Gasteiger partial charge in [0.25, 0.3) is 0 Å². The Hall–Kier alpha value is -1.09. The lowest BCUT2D eigenvalue weighted by atomic mass is 10.0. The average Bonchev–Trinajstić information content (AvgIpc) is 2.57. The molecule has 3 heteroatoms. The first-order valence-corrected chi connectivity index (χ1v) is 6.96. The number of nitrogens with zero attached hydrogens (tertiary/aromatic N) is 1. The molecule has 2 rings (SSSR count). The van der Waals surface area contributed by atoms with Crippen LogP contribution in [0, 0.1) is 11.7 Å². The van der Waals surface area contributed by atoms with Crippen LogP contribution in [0.5, 0.6) is 0 Å². The summed E-state index contributed by atoms with van der Waals surface area (Å²) in [5, 5.41) is 3.34. The molecule has 0 aromatic heterocycles. The predicted octanol–water partition coefficient (Wildman–Crippen LogP) is 3.36. The molecule has 1 aromatic carbocycles. The minimum Gasteiger partial charge on any atom is -0.384 e. The van der Waals surface area contributed by atoms with Crippen LogP contribution in [-0.4, -0.2) is 31.1 Å². The van der Waals surface area contributed by atoms with Crippen LogP contribution >= 0.6 is 0 Å². The highest BCUT2D eigenvalue weighted by Crippen LogP contribution is 2.16. The quantitative estimate of drug-likeness (QED) is 0.881. The summed E-state index contributed by atoms with van der Waals surface area (Å²) < 4.78 is 12.7. The zero-order valence-corrected chi connectivity index (χ0v) is 11.2. The van der Waals surface area contributed by atoms with Crippen molar-refractivity contribution >= 4 is 5.69 Å². The van der Waals surface area contributed by atoms with Crippen molar-refractivity contribution < 1.29 is 4.39 Å². The van der Waals surface area contributed by atoms with Crippen LogP contribution in [0.25, 0.3) is 0 Å². The fraction of sp³-hybridized carbons (Fsp3) is 0.600. The fourth-order valence-corrected chi connectivity index (χ4v) is 2.47. The molecule has 0 bridgehead atoms. The molecule has 1 aliphatic heterocycles. The Morgan fingerprint density at radius 1 is 1.22 bits per heavy atom. The minimum absolute atomic E-state index is 0.179. The first kappa shape index (κ1) is 13.3. The van der Waals surface area contributed by atoms with Gasteiger partial charge in [-0.3, -0.25) is 0 Å². The summed E-state index contributed by atoms with van der Waals surface area (Å²) in [6, 6.07) is 6.57. The molecule has 1 N–H and O–H groups in total. The van der Waals surface area contributed by atoms with Crippen LogP contribution in [0.4, 0.5) is 10.1 Å². The molecular formula is C15H23FN2. The highest BCUT2D eigenvalue weighted by molar-refractivity contribution is 5.42.